The van der Waals surface area contributed by atoms with Gasteiger partial charge in [-0.15, -0.1) is 0 Å². The van der Waals surface area contributed by atoms with Crippen LogP contribution in [0.4, 0.5) is 5.69 Å². The molecule has 1 aromatic carbocycles. The van der Waals surface area contributed by atoms with Gasteiger partial charge in [0.05, 0.1) is 25.3 Å². The van der Waals surface area contributed by atoms with Gasteiger partial charge >= 0.3 is 0 Å². The van der Waals surface area contributed by atoms with E-state index in [4.69, 9.17) is 9.52 Å². The molecule has 10 nitrogen and oxygen atoms in total. The zero-order valence-electron chi connectivity index (χ0n) is 21.0. The molecule has 1 saturated heterocycles. The third-order valence-electron chi connectivity index (χ3n) is 8.18. The van der Waals surface area contributed by atoms with E-state index in [9.17, 15) is 9.00 Å². The summed E-state index contributed by atoms with van der Waals surface area (Å²) in [6.07, 6.45) is 7.75. The van der Waals surface area contributed by atoms with Gasteiger partial charge in [0.2, 0.25) is 11.8 Å². The first-order chi connectivity index (χ1) is 17.3. The highest BCUT2D eigenvalue weighted by Crippen LogP contribution is 2.38. The summed E-state index contributed by atoms with van der Waals surface area (Å²) in [5.41, 5.74) is 6.16. The molecule has 0 radical (unpaired) electrons. The molecule has 2 aliphatic heterocycles. The van der Waals surface area contributed by atoms with E-state index in [0.29, 0.717) is 25.1 Å². The molecule has 194 valence electrons. The molecule has 0 bridgehead atoms. The number of hydrogen-bond donors (Lipinski definition) is 3. The number of anilines is 1. The predicted molar refractivity (Wildman–Crippen MR) is 137 cm³/mol. The molecule has 4 aliphatic rings. The SMILES string of the molecule is CN(C)C1CN([C@H]2COc3c(S(=N)(=O)NCC(=O)Nc4c5c(cc6c4CCC6)CCC5)cnn3C2)C1. The molecule has 1 aromatic heterocycles. The molecule has 3 N–H and O–H groups in total. The summed E-state index contributed by atoms with van der Waals surface area (Å²) in [4.78, 5) is 17.7. The van der Waals surface area contributed by atoms with Crippen LogP contribution >= 0.6 is 0 Å². The Bertz CT molecular complexity index is 1260. The topological polar surface area (TPSA) is 116 Å². The van der Waals surface area contributed by atoms with E-state index < -0.39 is 9.92 Å². The lowest BCUT2D eigenvalue weighted by molar-refractivity contribution is -0.115. The molecular formula is C25H35N7O3S. The van der Waals surface area contributed by atoms with E-state index in [-0.39, 0.29) is 23.4 Å². The number of carbonyl (C=O) groups excluding carboxylic acids is 1. The Morgan fingerprint density at radius 1 is 1.17 bits per heavy atom. The molecule has 36 heavy (non-hydrogen) atoms. The number of likely N-dealkylation sites (tertiary alicyclic amines) is 1. The van der Waals surface area contributed by atoms with Crippen LogP contribution in [0.3, 0.4) is 0 Å². The summed E-state index contributed by atoms with van der Waals surface area (Å²) in [5, 5.41) is 7.45. The molecule has 1 amide bonds. The van der Waals surface area contributed by atoms with Gasteiger partial charge in [0.1, 0.15) is 21.4 Å². The minimum atomic E-state index is -3.46. The fraction of sp³-hybridized carbons (Fsp3) is 0.600. The Labute approximate surface area is 212 Å². The Morgan fingerprint density at radius 2 is 1.86 bits per heavy atom. The van der Waals surface area contributed by atoms with Crippen molar-refractivity contribution >= 4 is 21.5 Å². The van der Waals surface area contributed by atoms with Crippen molar-refractivity contribution in [1.29, 1.82) is 4.78 Å². The normalized spacial score (nSPS) is 22.9. The number of likely N-dealkylation sites (N-methyl/N-ethyl adjacent to an activating group) is 1. The smallest absolute Gasteiger partial charge is 0.239 e. The van der Waals surface area contributed by atoms with Crippen molar-refractivity contribution in [1.82, 2.24) is 24.3 Å². The van der Waals surface area contributed by atoms with E-state index in [0.717, 1.165) is 57.3 Å². The summed E-state index contributed by atoms with van der Waals surface area (Å²) in [6.45, 7) is 2.87. The molecule has 0 spiro atoms. The number of aryl methyl sites for hydroxylation is 2. The first-order valence-electron chi connectivity index (χ1n) is 12.9. The summed E-state index contributed by atoms with van der Waals surface area (Å²) >= 11 is 0. The Balaban J connectivity index is 1.10. The zero-order valence-corrected chi connectivity index (χ0v) is 21.8. The Kier molecular flexibility index (Phi) is 6.06. The van der Waals surface area contributed by atoms with Crippen LogP contribution in [0, 0.1) is 4.78 Å². The van der Waals surface area contributed by atoms with Crippen LogP contribution in [0.1, 0.15) is 35.1 Å². The van der Waals surface area contributed by atoms with Gasteiger partial charge in [-0.2, -0.15) is 5.10 Å². The molecule has 11 heteroatoms. The summed E-state index contributed by atoms with van der Waals surface area (Å²) in [7, 11) is 0.726. The van der Waals surface area contributed by atoms with Gasteiger partial charge in [-0.05, 0) is 74.9 Å². The number of amides is 1. The Hall–Kier alpha value is -2.47. The fourth-order valence-corrected chi connectivity index (χ4v) is 7.08. The highest BCUT2D eigenvalue weighted by atomic mass is 32.2. The standard InChI is InChI=1S/C25H35N7O3S/c1-30(2)18-12-31(13-18)19-14-32-25(35-15-19)22(10-27-32)36(26,34)28-11-23(33)29-24-20-7-3-5-16(20)9-17-6-4-8-21(17)24/h9-10,18-19H,3-8,11-15H2,1-2H3,(H,29,33)(H2,26,28,34)/t19-,36?/m1/s1. The highest BCUT2D eigenvalue weighted by molar-refractivity contribution is 7.90. The lowest BCUT2D eigenvalue weighted by Gasteiger charge is -2.47. The van der Waals surface area contributed by atoms with Gasteiger partial charge in [-0.3, -0.25) is 9.69 Å². The first-order valence-corrected chi connectivity index (χ1v) is 14.4. The van der Waals surface area contributed by atoms with Gasteiger partial charge in [-0.25, -0.2) is 18.4 Å². The van der Waals surface area contributed by atoms with E-state index in [1.54, 1.807) is 4.68 Å². The molecule has 1 fully saturated rings. The predicted octanol–water partition coefficient (Wildman–Crippen LogP) is 1.42. The minimum Gasteiger partial charge on any atom is -0.475 e. The number of carbonyl (C=O) groups is 1. The number of fused-ring (bicyclic) bond motifs is 3. The van der Waals surface area contributed by atoms with Crippen LogP contribution in [-0.4, -0.2) is 82.1 Å². The van der Waals surface area contributed by atoms with E-state index >= 15 is 0 Å². The lowest BCUT2D eigenvalue weighted by Crippen LogP contribution is -2.63. The van der Waals surface area contributed by atoms with E-state index in [2.05, 4.69) is 45.1 Å². The highest BCUT2D eigenvalue weighted by Gasteiger charge is 2.37. The quantitative estimate of drug-likeness (QED) is 0.516. The zero-order chi connectivity index (χ0) is 25.0. The van der Waals surface area contributed by atoms with Crippen LogP contribution < -0.4 is 14.8 Å². The molecule has 2 atom stereocenters. The van der Waals surface area contributed by atoms with Crippen molar-refractivity contribution in [3.05, 3.63) is 34.5 Å². The van der Waals surface area contributed by atoms with Gasteiger partial charge in [0, 0.05) is 24.8 Å². The number of rotatable bonds is 7. The van der Waals surface area contributed by atoms with E-state index in [1.807, 2.05) is 0 Å². The molecule has 3 heterocycles. The first kappa shape index (κ1) is 23.9. The molecule has 0 saturated carbocycles. The summed E-state index contributed by atoms with van der Waals surface area (Å²) in [6, 6.07) is 3.09. The van der Waals surface area contributed by atoms with Crippen molar-refractivity contribution in [2.24, 2.45) is 0 Å². The van der Waals surface area contributed by atoms with Crippen LogP contribution in [0.5, 0.6) is 5.88 Å². The van der Waals surface area contributed by atoms with Crippen molar-refractivity contribution in [3.8, 4) is 5.88 Å². The second-order valence-electron chi connectivity index (χ2n) is 10.7. The van der Waals surface area contributed by atoms with Crippen molar-refractivity contribution in [2.75, 3.05) is 45.7 Å². The van der Waals surface area contributed by atoms with Crippen LogP contribution in [0.2, 0.25) is 0 Å². The van der Waals surface area contributed by atoms with Crippen molar-refractivity contribution in [2.45, 2.75) is 62.0 Å². The van der Waals surface area contributed by atoms with Crippen LogP contribution in [0.15, 0.2) is 17.2 Å². The number of benzene rings is 1. The third-order valence-corrected chi connectivity index (χ3v) is 9.63. The number of aromatic nitrogens is 2. The largest absolute Gasteiger partial charge is 0.475 e. The van der Waals surface area contributed by atoms with Gasteiger partial charge in [-0.1, -0.05) is 6.07 Å². The maximum absolute atomic E-state index is 13.3. The number of ether oxygens (including phenoxy) is 1. The van der Waals surface area contributed by atoms with Gasteiger partial charge in [0.25, 0.3) is 0 Å². The van der Waals surface area contributed by atoms with Gasteiger partial charge < -0.3 is 15.0 Å². The van der Waals surface area contributed by atoms with E-state index in [1.165, 1.54) is 28.5 Å². The minimum absolute atomic E-state index is 0.199. The molecule has 6 rings (SSSR count). The van der Waals surface area contributed by atoms with Crippen molar-refractivity contribution in [3.63, 3.8) is 0 Å². The monoisotopic (exact) mass is 513 g/mol. The fourth-order valence-electron chi connectivity index (χ4n) is 5.99. The Morgan fingerprint density at radius 3 is 2.53 bits per heavy atom. The summed E-state index contributed by atoms with van der Waals surface area (Å²) in [5.74, 6) is 0.0853. The number of nitrogens with zero attached hydrogens (tertiary/aromatic N) is 4. The average Bonchev–Trinajstić information content (AvgIpc) is 3.55. The molecule has 1 unspecified atom stereocenters. The average molecular weight is 514 g/mol. The summed E-state index contributed by atoms with van der Waals surface area (Å²) < 4.78 is 32.1. The number of nitrogens with one attached hydrogen (secondary N) is 3. The molecule has 2 aromatic rings. The number of hydrogen-bond acceptors (Lipinski definition) is 7. The molecule has 2 aliphatic carbocycles. The van der Waals surface area contributed by atoms with Gasteiger partial charge in [0.15, 0.2) is 0 Å². The van der Waals surface area contributed by atoms with Crippen molar-refractivity contribution < 1.29 is 13.7 Å². The van der Waals surface area contributed by atoms with Crippen LogP contribution in [-0.2, 0) is 46.9 Å². The second kappa shape index (κ2) is 9.13. The third kappa shape index (κ3) is 4.21. The maximum Gasteiger partial charge on any atom is 0.239 e. The van der Waals surface area contributed by atoms with Crippen LogP contribution in [0.25, 0.3) is 0 Å². The second-order valence-corrected chi connectivity index (χ2v) is 12.5. The lowest BCUT2D eigenvalue weighted by atomic mass is 9.98. The maximum atomic E-state index is 13.3. The molecular weight excluding hydrogens is 478 g/mol.